The lowest BCUT2D eigenvalue weighted by atomic mass is 9.72. The molecule has 1 aromatic rings. The maximum absolute atomic E-state index is 13.0. The fraction of sp³-hybridized carbons (Fsp3) is 0.722. The first kappa shape index (κ1) is 18.5. The van der Waals surface area contributed by atoms with Crippen molar-refractivity contribution >= 4 is 18.2 Å². The highest BCUT2D eigenvalue weighted by molar-refractivity contribution is 6.02. The molecule has 1 aromatic heterocycles. The van der Waals surface area contributed by atoms with Crippen molar-refractivity contribution in [3.05, 3.63) is 22.5 Å². The van der Waals surface area contributed by atoms with Crippen molar-refractivity contribution in [1.82, 2.24) is 9.88 Å². The number of aromatic amines is 1. The number of H-pyrrole nitrogens is 1. The number of aromatic nitrogens is 1. The van der Waals surface area contributed by atoms with E-state index in [0.29, 0.717) is 11.7 Å². The van der Waals surface area contributed by atoms with Gasteiger partial charge < -0.3 is 14.6 Å². The van der Waals surface area contributed by atoms with Gasteiger partial charge in [-0.15, -0.1) is 12.4 Å². The lowest BCUT2D eigenvalue weighted by molar-refractivity contribution is 0.0539. The number of nitrogens with zero attached hydrogens (tertiary/aromatic N) is 1. The van der Waals surface area contributed by atoms with E-state index in [2.05, 4.69) is 23.7 Å². The smallest absolute Gasteiger partial charge is 0.169 e. The van der Waals surface area contributed by atoms with Crippen LogP contribution >= 0.6 is 12.4 Å². The lowest BCUT2D eigenvalue weighted by Gasteiger charge is -2.40. The summed E-state index contributed by atoms with van der Waals surface area (Å²) in [5.41, 5.74) is 4.65. The largest absolute Gasteiger partial charge is 0.380 e. The Morgan fingerprint density at radius 2 is 2.13 bits per heavy atom. The highest BCUT2D eigenvalue weighted by Crippen LogP contribution is 2.37. The average molecular weight is 341 g/mol. The molecule has 1 saturated heterocycles. The predicted octanol–water partition coefficient (Wildman–Crippen LogP) is 3.02. The molecule has 0 radical (unpaired) electrons. The van der Waals surface area contributed by atoms with Crippen LogP contribution < -0.4 is 0 Å². The van der Waals surface area contributed by atoms with E-state index in [1.165, 1.54) is 17.0 Å². The second-order valence-corrected chi connectivity index (χ2v) is 6.66. The highest BCUT2D eigenvalue weighted by atomic mass is 35.5. The standard InChI is InChI=1S/C18H28N2O2.ClH/c1-4-14-12(3)19-16-10-13-6-7-20(8-9-22-5-2)11-15(13)18(21)17(14)16;/h13,15,19H,4-11H2,1-3H3;1H/t13-,15+;/m0./s1. The molecule has 0 unspecified atom stereocenters. The molecule has 3 rings (SSSR count). The molecule has 23 heavy (non-hydrogen) atoms. The molecular formula is C18H29ClN2O2. The number of hydrogen-bond acceptors (Lipinski definition) is 3. The van der Waals surface area contributed by atoms with E-state index in [0.717, 1.165) is 57.7 Å². The van der Waals surface area contributed by atoms with Crippen LogP contribution in [0.5, 0.6) is 0 Å². The van der Waals surface area contributed by atoms with E-state index in [1.807, 2.05) is 6.92 Å². The first-order valence-electron chi connectivity index (χ1n) is 8.70. The number of carbonyl (C=O) groups excluding carboxylic acids is 1. The van der Waals surface area contributed by atoms with Crippen LogP contribution in [0.3, 0.4) is 0 Å². The van der Waals surface area contributed by atoms with Crippen LogP contribution in [0.1, 0.15) is 47.6 Å². The van der Waals surface area contributed by atoms with E-state index in [1.54, 1.807) is 0 Å². The maximum atomic E-state index is 13.0. The van der Waals surface area contributed by atoms with Gasteiger partial charge in [-0.2, -0.15) is 0 Å². The molecule has 4 nitrogen and oxygen atoms in total. The Labute approximate surface area is 145 Å². The van der Waals surface area contributed by atoms with Crippen molar-refractivity contribution in [2.24, 2.45) is 11.8 Å². The number of nitrogens with one attached hydrogen (secondary N) is 1. The molecule has 1 aliphatic heterocycles. The van der Waals surface area contributed by atoms with Crippen molar-refractivity contribution < 1.29 is 9.53 Å². The summed E-state index contributed by atoms with van der Waals surface area (Å²) >= 11 is 0. The Hall–Kier alpha value is -0.840. The number of Topliss-reactive ketones (excluding diaryl/α,β-unsaturated/α-hetero) is 1. The molecule has 0 aromatic carbocycles. The van der Waals surface area contributed by atoms with Gasteiger partial charge in [-0.3, -0.25) is 4.79 Å². The minimum absolute atomic E-state index is 0. The Morgan fingerprint density at radius 3 is 2.83 bits per heavy atom. The molecule has 0 saturated carbocycles. The first-order valence-corrected chi connectivity index (χ1v) is 8.70. The molecule has 0 bridgehead atoms. The summed E-state index contributed by atoms with van der Waals surface area (Å²) in [6.07, 6.45) is 3.11. The van der Waals surface area contributed by atoms with E-state index in [4.69, 9.17) is 4.74 Å². The van der Waals surface area contributed by atoms with Crippen molar-refractivity contribution in [2.75, 3.05) is 32.8 Å². The van der Waals surface area contributed by atoms with Crippen LogP contribution in [-0.4, -0.2) is 48.5 Å². The van der Waals surface area contributed by atoms with Crippen LogP contribution in [0.15, 0.2) is 0 Å². The minimum atomic E-state index is 0. The number of ether oxygens (including phenoxy) is 1. The van der Waals surface area contributed by atoms with Gasteiger partial charge in [0.15, 0.2) is 5.78 Å². The molecular weight excluding hydrogens is 312 g/mol. The van der Waals surface area contributed by atoms with Crippen LogP contribution in [0.2, 0.25) is 0 Å². The Kier molecular flexibility index (Phi) is 6.29. The monoisotopic (exact) mass is 340 g/mol. The zero-order chi connectivity index (χ0) is 15.7. The van der Waals surface area contributed by atoms with Gasteiger partial charge in [0, 0.05) is 42.6 Å². The van der Waals surface area contributed by atoms with Gasteiger partial charge in [0.1, 0.15) is 0 Å². The molecule has 1 aliphatic carbocycles. The number of aryl methyl sites for hydroxylation is 1. The van der Waals surface area contributed by atoms with E-state index in [-0.39, 0.29) is 18.3 Å². The third-order valence-corrected chi connectivity index (χ3v) is 5.39. The molecule has 1 fully saturated rings. The third kappa shape index (κ3) is 3.49. The van der Waals surface area contributed by atoms with Gasteiger partial charge in [0.05, 0.1) is 6.61 Å². The number of rotatable bonds is 5. The second kappa shape index (κ2) is 7.82. The maximum Gasteiger partial charge on any atom is 0.169 e. The molecule has 130 valence electrons. The van der Waals surface area contributed by atoms with Crippen molar-refractivity contribution in [3.63, 3.8) is 0 Å². The SMILES string of the molecule is CCOCCN1CC[C@H]2Cc3[nH]c(C)c(CC)c3C(=O)[C@@H]2C1.Cl. The van der Waals surface area contributed by atoms with Gasteiger partial charge in [-0.25, -0.2) is 0 Å². The summed E-state index contributed by atoms with van der Waals surface area (Å²) in [6, 6.07) is 0. The third-order valence-electron chi connectivity index (χ3n) is 5.39. The molecule has 2 atom stereocenters. The summed E-state index contributed by atoms with van der Waals surface area (Å²) in [5.74, 6) is 1.09. The lowest BCUT2D eigenvalue weighted by Crippen LogP contribution is -2.47. The molecule has 5 heteroatoms. The number of hydrogen-bond donors (Lipinski definition) is 1. The summed E-state index contributed by atoms with van der Waals surface area (Å²) in [4.78, 5) is 18.9. The van der Waals surface area contributed by atoms with Gasteiger partial charge in [-0.05, 0) is 51.1 Å². The molecule has 2 heterocycles. The van der Waals surface area contributed by atoms with Gasteiger partial charge in [0.25, 0.3) is 0 Å². The first-order chi connectivity index (χ1) is 10.7. The van der Waals surface area contributed by atoms with Crippen molar-refractivity contribution in [3.8, 4) is 0 Å². The number of carbonyl (C=O) groups is 1. The second-order valence-electron chi connectivity index (χ2n) is 6.66. The van der Waals surface area contributed by atoms with Gasteiger partial charge in [-0.1, -0.05) is 6.92 Å². The fourth-order valence-corrected chi connectivity index (χ4v) is 4.22. The zero-order valence-electron chi connectivity index (χ0n) is 14.5. The van der Waals surface area contributed by atoms with Gasteiger partial charge >= 0.3 is 0 Å². The van der Waals surface area contributed by atoms with Crippen LogP contribution in [0, 0.1) is 18.8 Å². The van der Waals surface area contributed by atoms with Crippen LogP contribution in [0.4, 0.5) is 0 Å². The summed E-state index contributed by atoms with van der Waals surface area (Å²) in [5, 5.41) is 0. The topological polar surface area (TPSA) is 45.3 Å². The number of halogens is 1. The summed E-state index contributed by atoms with van der Waals surface area (Å²) in [7, 11) is 0. The Morgan fingerprint density at radius 1 is 1.35 bits per heavy atom. The van der Waals surface area contributed by atoms with Crippen molar-refractivity contribution in [2.45, 2.75) is 40.0 Å². The summed E-state index contributed by atoms with van der Waals surface area (Å²) in [6.45, 7) is 10.8. The van der Waals surface area contributed by atoms with Gasteiger partial charge in [0.2, 0.25) is 0 Å². The predicted molar refractivity (Wildman–Crippen MR) is 94.7 cm³/mol. The van der Waals surface area contributed by atoms with E-state index >= 15 is 0 Å². The number of piperidine rings is 1. The zero-order valence-corrected chi connectivity index (χ0v) is 15.3. The fourth-order valence-electron chi connectivity index (χ4n) is 4.22. The molecule has 0 amide bonds. The van der Waals surface area contributed by atoms with Crippen molar-refractivity contribution in [1.29, 1.82) is 0 Å². The highest BCUT2D eigenvalue weighted by Gasteiger charge is 2.41. The molecule has 0 spiro atoms. The normalized spacial score (nSPS) is 24.0. The number of fused-ring (bicyclic) bond motifs is 2. The molecule has 1 N–H and O–H groups in total. The summed E-state index contributed by atoms with van der Waals surface area (Å²) < 4.78 is 5.46. The van der Waals surface area contributed by atoms with Crippen LogP contribution in [-0.2, 0) is 17.6 Å². The average Bonchev–Trinajstić information content (AvgIpc) is 2.83. The Balaban J connectivity index is 0.00000192. The Bertz CT molecular complexity index is 555. The number of likely N-dealkylation sites (tertiary alicyclic amines) is 1. The van der Waals surface area contributed by atoms with E-state index < -0.39 is 0 Å². The molecule has 2 aliphatic rings. The van der Waals surface area contributed by atoms with Crippen LogP contribution in [0.25, 0.3) is 0 Å². The minimum Gasteiger partial charge on any atom is -0.380 e. The van der Waals surface area contributed by atoms with E-state index in [9.17, 15) is 4.79 Å². The number of ketones is 1. The quantitative estimate of drug-likeness (QED) is 0.838.